The van der Waals surface area contributed by atoms with Gasteiger partial charge in [0.05, 0.1) is 5.69 Å². The summed E-state index contributed by atoms with van der Waals surface area (Å²) in [4.78, 5) is 4.35. The molecule has 10 heteroatoms. The first-order chi connectivity index (χ1) is 13.8. The quantitative estimate of drug-likeness (QED) is 0.606. The molecule has 1 aromatic carbocycles. The van der Waals surface area contributed by atoms with E-state index in [0.717, 1.165) is 31.2 Å². The summed E-state index contributed by atoms with van der Waals surface area (Å²) in [5.41, 5.74) is 14.7. The Kier molecular flexibility index (Phi) is 4.95. The van der Waals surface area contributed by atoms with Gasteiger partial charge in [-0.2, -0.15) is 0 Å². The van der Waals surface area contributed by atoms with E-state index in [1.807, 2.05) is 0 Å². The monoisotopic (exact) mass is 406 g/mol. The van der Waals surface area contributed by atoms with Gasteiger partial charge in [0.2, 0.25) is 0 Å². The molecule has 0 aliphatic heterocycles. The van der Waals surface area contributed by atoms with Crippen LogP contribution in [0, 0.1) is 0 Å². The number of fused-ring (bicyclic) bond motifs is 1. The topological polar surface area (TPSA) is 103 Å². The number of hydrogen-bond donors (Lipinski definition) is 3. The molecule has 7 nitrogen and oxygen atoms in total. The lowest BCUT2D eigenvalue weighted by molar-refractivity contribution is -0.274. The number of benzene rings is 1. The number of ether oxygens (including phenoxy) is 1. The highest BCUT2D eigenvalue weighted by Crippen LogP contribution is 2.41. The van der Waals surface area contributed by atoms with Crippen molar-refractivity contribution in [1.29, 1.82) is 0 Å². The fraction of sp³-hybridized carbons (Fsp3) is 0.368. The van der Waals surface area contributed by atoms with Crippen LogP contribution in [0.25, 0.3) is 5.65 Å². The second kappa shape index (κ2) is 7.43. The second-order valence-electron chi connectivity index (χ2n) is 7.18. The molecule has 5 N–H and O–H groups in total. The minimum Gasteiger partial charge on any atom is -0.406 e. The van der Waals surface area contributed by atoms with Crippen molar-refractivity contribution < 1.29 is 17.9 Å². The van der Waals surface area contributed by atoms with E-state index in [0.29, 0.717) is 22.8 Å². The lowest BCUT2D eigenvalue weighted by Gasteiger charge is -2.28. The Labute approximate surface area is 164 Å². The summed E-state index contributed by atoms with van der Waals surface area (Å²) in [5.74, 6) is 0.191. The van der Waals surface area contributed by atoms with Crippen molar-refractivity contribution in [3.05, 3.63) is 42.2 Å². The standard InChI is InChI=1S/C19H21F3N6O/c20-19(21,22)29-14-3-1-2-13(10-14)26-16-15(11-4-6-12(23)7-5-11)17(24)27-28-9-8-25-18(16)28/h1-3,8-12,26H,4-7,23H2,(H2,24,27)/t11-,12-. The molecule has 29 heavy (non-hydrogen) atoms. The molecule has 1 saturated carbocycles. The van der Waals surface area contributed by atoms with E-state index < -0.39 is 6.36 Å². The zero-order chi connectivity index (χ0) is 20.6. The maximum Gasteiger partial charge on any atom is 0.573 e. The van der Waals surface area contributed by atoms with Crippen LogP contribution in [0.2, 0.25) is 0 Å². The first-order valence-electron chi connectivity index (χ1n) is 9.31. The predicted octanol–water partition coefficient (Wildman–Crippen LogP) is 3.94. The zero-order valence-electron chi connectivity index (χ0n) is 15.5. The number of anilines is 3. The van der Waals surface area contributed by atoms with Crippen LogP contribution in [0.5, 0.6) is 5.75 Å². The summed E-state index contributed by atoms with van der Waals surface area (Å²) in [6.07, 6.45) is 1.96. The predicted molar refractivity (Wildman–Crippen MR) is 103 cm³/mol. The third kappa shape index (κ3) is 4.21. The Morgan fingerprint density at radius 2 is 1.93 bits per heavy atom. The number of halogens is 3. The van der Waals surface area contributed by atoms with Crippen LogP contribution in [0.15, 0.2) is 36.7 Å². The Morgan fingerprint density at radius 1 is 1.17 bits per heavy atom. The number of nitrogens with zero attached hydrogens (tertiary/aromatic N) is 3. The summed E-state index contributed by atoms with van der Waals surface area (Å²) >= 11 is 0. The lowest BCUT2D eigenvalue weighted by Crippen LogP contribution is -2.26. The van der Waals surface area contributed by atoms with E-state index in [-0.39, 0.29) is 17.7 Å². The molecular weight excluding hydrogens is 385 g/mol. The maximum atomic E-state index is 12.6. The van der Waals surface area contributed by atoms with E-state index >= 15 is 0 Å². The summed E-state index contributed by atoms with van der Waals surface area (Å²) in [6.45, 7) is 0. The molecule has 1 aliphatic rings. The number of alkyl halides is 3. The Morgan fingerprint density at radius 3 is 2.66 bits per heavy atom. The molecule has 0 unspecified atom stereocenters. The fourth-order valence-corrected chi connectivity index (χ4v) is 3.83. The number of nitrogen functional groups attached to an aromatic ring is 1. The van der Waals surface area contributed by atoms with Crippen molar-refractivity contribution in [1.82, 2.24) is 14.6 Å². The zero-order valence-corrected chi connectivity index (χ0v) is 15.5. The van der Waals surface area contributed by atoms with Crippen molar-refractivity contribution in [2.75, 3.05) is 11.1 Å². The van der Waals surface area contributed by atoms with Gasteiger partial charge in [0, 0.05) is 35.8 Å². The van der Waals surface area contributed by atoms with Crippen LogP contribution in [-0.2, 0) is 0 Å². The minimum atomic E-state index is -4.76. The van der Waals surface area contributed by atoms with Crippen LogP contribution >= 0.6 is 0 Å². The average Bonchev–Trinajstić information content (AvgIpc) is 3.10. The molecule has 0 atom stereocenters. The molecule has 4 rings (SSSR count). The number of aromatic nitrogens is 3. The van der Waals surface area contributed by atoms with E-state index in [2.05, 4.69) is 20.1 Å². The fourth-order valence-electron chi connectivity index (χ4n) is 3.83. The van der Waals surface area contributed by atoms with Crippen LogP contribution in [-0.4, -0.2) is 27.0 Å². The highest BCUT2D eigenvalue weighted by Gasteiger charge is 2.31. The molecule has 154 valence electrons. The number of hydrogen-bond acceptors (Lipinski definition) is 6. The van der Waals surface area contributed by atoms with Gasteiger partial charge in [0.1, 0.15) is 11.6 Å². The summed E-state index contributed by atoms with van der Waals surface area (Å²) < 4.78 is 43.3. The first-order valence-corrected chi connectivity index (χ1v) is 9.31. The molecule has 3 aromatic rings. The summed E-state index contributed by atoms with van der Waals surface area (Å²) in [6, 6.07) is 5.83. The summed E-state index contributed by atoms with van der Waals surface area (Å²) in [7, 11) is 0. The van der Waals surface area contributed by atoms with Crippen molar-refractivity contribution in [3.8, 4) is 5.75 Å². The molecule has 0 saturated heterocycles. The largest absolute Gasteiger partial charge is 0.573 e. The van der Waals surface area contributed by atoms with E-state index in [4.69, 9.17) is 11.5 Å². The van der Waals surface area contributed by atoms with E-state index in [9.17, 15) is 13.2 Å². The number of rotatable bonds is 4. The van der Waals surface area contributed by atoms with Gasteiger partial charge in [-0.1, -0.05) is 6.07 Å². The molecule has 2 heterocycles. The SMILES string of the molecule is Nc1nn2ccnc2c(Nc2cccc(OC(F)(F)F)c2)c1[C@H]1CC[C@H](N)CC1. The Balaban J connectivity index is 1.74. The van der Waals surface area contributed by atoms with Gasteiger partial charge in [0.15, 0.2) is 5.65 Å². The highest BCUT2D eigenvalue weighted by atomic mass is 19.4. The van der Waals surface area contributed by atoms with E-state index in [1.54, 1.807) is 23.0 Å². The molecule has 0 radical (unpaired) electrons. The normalized spacial score (nSPS) is 20.0. The van der Waals surface area contributed by atoms with Gasteiger partial charge in [-0.15, -0.1) is 18.3 Å². The summed E-state index contributed by atoms with van der Waals surface area (Å²) in [5, 5.41) is 7.58. The lowest BCUT2D eigenvalue weighted by atomic mass is 9.81. The molecule has 0 spiro atoms. The van der Waals surface area contributed by atoms with Crippen molar-refractivity contribution in [2.24, 2.45) is 5.73 Å². The Hall–Kier alpha value is -3.01. The van der Waals surface area contributed by atoms with E-state index in [1.165, 1.54) is 18.2 Å². The van der Waals surface area contributed by atoms with Crippen molar-refractivity contribution in [2.45, 2.75) is 44.0 Å². The van der Waals surface area contributed by atoms with Crippen LogP contribution in [0.3, 0.4) is 0 Å². The van der Waals surface area contributed by atoms with Gasteiger partial charge in [0.25, 0.3) is 0 Å². The number of nitrogens with two attached hydrogens (primary N) is 2. The third-order valence-corrected chi connectivity index (χ3v) is 5.12. The molecule has 0 bridgehead atoms. The highest BCUT2D eigenvalue weighted by molar-refractivity contribution is 5.81. The van der Waals surface area contributed by atoms with Crippen LogP contribution in [0.4, 0.5) is 30.4 Å². The van der Waals surface area contributed by atoms with Gasteiger partial charge < -0.3 is 21.5 Å². The van der Waals surface area contributed by atoms with Crippen LogP contribution in [0.1, 0.15) is 37.2 Å². The molecule has 0 amide bonds. The van der Waals surface area contributed by atoms with Crippen LogP contribution < -0.4 is 21.5 Å². The second-order valence-corrected chi connectivity index (χ2v) is 7.18. The van der Waals surface area contributed by atoms with Gasteiger partial charge in [-0.05, 0) is 43.7 Å². The molecular formula is C19H21F3N6O. The molecule has 2 aromatic heterocycles. The first kappa shape index (κ1) is 19.3. The Bertz CT molecular complexity index is 1010. The van der Waals surface area contributed by atoms with Gasteiger partial charge >= 0.3 is 6.36 Å². The van der Waals surface area contributed by atoms with Crippen molar-refractivity contribution in [3.63, 3.8) is 0 Å². The molecule has 1 aliphatic carbocycles. The third-order valence-electron chi connectivity index (χ3n) is 5.12. The molecule has 1 fully saturated rings. The van der Waals surface area contributed by atoms with Gasteiger partial charge in [-0.3, -0.25) is 0 Å². The number of imidazole rings is 1. The maximum absolute atomic E-state index is 12.6. The van der Waals surface area contributed by atoms with Crippen molar-refractivity contribution >= 4 is 22.8 Å². The average molecular weight is 406 g/mol. The minimum absolute atomic E-state index is 0.140. The van der Waals surface area contributed by atoms with Gasteiger partial charge in [-0.25, -0.2) is 9.50 Å². The number of nitrogens with one attached hydrogen (secondary N) is 1. The smallest absolute Gasteiger partial charge is 0.406 e.